The number of carbonyl (C=O) groups is 1. The number of rotatable bonds is 2. The molecule has 0 aromatic heterocycles. The van der Waals surface area contributed by atoms with E-state index in [4.69, 9.17) is 4.74 Å². The van der Waals surface area contributed by atoms with E-state index in [1.54, 1.807) is 0 Å². The molecule has 0 N–H and O–H groups in total. The molecule has 0 spiro atoms. The van der Waals surface area contributed by atoms with Crippen LogP contribution < -0.4 is 0 Å². The summed E-state index contributed by atoms with van der Waals surface area (Å²) in [7, 11) is 0. The Morgan fingerprint density at radius 1 is 1.31 bits per heavy atom. The summed E-state index contributed by atoms with van der Waals surface area (Å²) < 4.78 is 5.35. The summed E-state index contributed by atoms with van der Waals surface area (Å²) in [5.41, 5.74) is 2.32. The zero-order valence-electron chi connectivity index (χ0n) is 9.48. The van der Waals surface area contributed by atoms with Crippen LogP contribution >= 0.6 is 0 Å². The van der Waals surface area contributed by atoms with E-state index in [2.05, 4.69) is 18.2 Å². The van der Waals surface area contributed by atoms with Crippen LogP contribution in [0.3, 0.4) is 0 Å². The minimum absolute atomic E-state index is 0.0614. The zero-order chi connectivity index (χ0) is 11.4. The van der Waals surface area contributed by atoms with Gasteiger partial charge in [0.2, 0.25) is 0 Å². The van der Waals surface area contributed by atoms with Crippen LogP contribution in [0.15, 0.2) is 36.4 Å². The van der Waals surface area contributed by atoms with Gasteiger partial charge in [0.15, 0.2) is 0 Å². The molecule has 0 bridgehead atoms. The third kappa shape index (κ3) is 2.51. The number of hydrogen-bond donors (Lipinski definition) is 0. The van der Waals surface area contributed by atoms with Crippen molar-refractivity contribution in [3.05, 3.63) is 42.0 Å². The van der Waals surface area contributed by atoms with Gasteiger partial charge in [0.1, 0.15) is 6.10 Å². The number of benzene rings is 1. The van der Waals surface area contributed by atoms with Crippen LogP contribution in [-0.4, -0.2) is 12.1 Å². The highest BCUT2D eigenvalue weighted by atomic mass is 16.5. The molecule has 0 saturated heterocycles. The number of allylic oxidation sites excluding steroid dienone is 1. The highest BCUT2D eigenvalue weighted by Gasteiger charge is 2.21. The Labute approximate surface area is 95.9 Å². The molecule has 0 aliphatic heterocycles. The van der Waals surface area contributed by atoms with Crippen molar-refractivity contribution < 1.29 is 9.53 Å². The second-order valence-electron chi connectivity index (χ2n) is 4.05. The number of carbonyl (C=O) groups excluding carboxylic acids is 1. The summed E-state index contributed by atoms with van der Waals surface area (Å²) in [6, 6.07) is 10.1. The Hall–Kier alpha value is -1.57. The Morgan fingerprint density at radius 2 is 2.06 bits per heavy atom. The van der Waals surface area contributed by atoms with Gasteiger partial charge in [-0.05, 0) is 30.4 Å². The first-order valence-corrected chi connectivity index (χ1v) is 5.70. The summed E-state index contributed by atoms with van der Waals surface area (Å²) in [5.74, 6) is -0.200. The third-order valence-electron chi connectivity index (χ3n) is 2.80. The molecule has 0 heterocycles. The maximum Gasteiger partial charge on any atom is 0.303 e. The Kier molecular flexibility index (Phi) is 3.40. The second kappa shape index (κ2) is 4.97. The summed E-state index contributed by atoms with van der Waals surface area (Å²) >= 11 is 0. The summed E-state index contributed by atoms with van der Waals surface area (Å²) in [4.78, 5) is 11.0. The average Bonchev–Trinajstić information content (AvgIpc) is 2.30. The lowest BCUT2D eigenvalue weighted by molar-refractivity contribution is -0.144. The van der Waals surface area contributed by atoms with Crippen LogP contribution in [0.2, 0.25) is 0 Å². The van der Waals surface area contributed by atoms with Crippen molar-refractivity contribution in [2.24, 2.45) is 0 Å². The van der Waals surface area contributed by atoms with E-state index in [0.717, 1.165) is 30.4 Å². The van der Waals surface area contributed by atoms with Crippen molar-refractivity contribution in [1.29, 1.82) is 0 Å². The fourth-order valence-corrected chi connectivity index (χ4v) is 2.10. The van der Waals surface area contributed by atoms with Gasteiger partial charge in [-0.2, -0.15) is 0 Å². The smallest absolute Gasteiger partial charge is 0.303 e. The van der Waals surface area contributed by atoms with Crippen molar-refractivity contribution in [3.8, 4) is 0 Å². The molecule has 1 aromatic rings. The van der Waals surface area contributed by atoms with Crippen molar-refractivity contribution in [1.82, 2.24) is 0 Å². The van der Waals surface area contributed by atoms with Gasteiger partial charge in [0, 0.05) is 6.92 Å². The quantitative estimate of drug-likeness (QED) is 0.710. The summed E-state index contributed by atoms with van der Waals surface area (Å²) in [5, 5.41) is 0. The highest BCUT2D eigenvalue weighted by molar-refractivity contribution is 5.73. The van der Waals surface area contributed by atoms with Gasteiger partial charge in [-0.15, -0.1) is 0 Å². The fourth-order valence-electron chi connectivity index (χ4n) is 2.10. The first kappa shape index (κ1) is 10.9. The first-order valence-electron chi connectivity index (χ1n) is 5.70. The minimum Gasteiger partial charge on any atom is -0.458 e. The third-order valence-corrected chi connectivity index (χ3v) is 2.80. The molecule has 2 nitrogen and oxygen atoms in total. The largest absolute Gasteiger partial charge is 0.458 e. The van der Waals surface area contributed by atoms with E-state index >= 15 is 0 Å². The molecule has 0 unspecified atom stereocenters. The topological polar surface area (TPSA) is 26.3 Å². The van der Waals surface area contributed by atoms with Crippen LogP contribution in [0.4, 0.5) is 0 Å². The average molecular weight is 216 g/mol. The van der Waals surface area contributed by atoms with E-state index < -0.39 is 0 Å². The minimum atomic E-state index is -0.200. The van der Waals surface area contributed by atoms with Crippen LogP contribution in [0.5, 0.6) is 0 Å². The summed E-state index contributed by atoms with van der Waals surface area (Å²) in [6.07, 6.45) is 5.22. The van der Waals surface area contributed by atoms with Gasteiger partial charge in [-0.25, -0.2) is 0 Å². The van der Waals surface area contributed by atoms with Gasteiger partial charge >= 0.3 is 5.97 Å². The van der Waals surface area contributed by atoms with Crippen LogP contribution in [0.1, 0.15) is 31.7 Å². The van der Waals surface area contributed by atoms with Gasteiger partial charge in [0.25, 0.3) is 0 Å². The van der Waals surface area contributed by atoms with Gasteiger partial charge in [-0.3, -0.25) is 4.79 Å². The SMILES string of the molecule is CC(=O)O[C@@H]1CCCC=C1c1ccccc1. The molecule has 1 aromatic carbocycles. The van der Waals surface area contributed by atoms with Crippen molar-refractivity contribution in [2.75, 3.05) is 0 Å². The normalized spacial score (nSPS) is 20.1. The molecule has 0 fully saturated rings. The monoisotopic (exact) mass is 216 g/mol. The van der Waals surface area contributed by atoms with E-state index in [0.29, 0.717) is 0 Å². The van der Waals surface area contributed by atoms with Gasteiger partial charge < -0.3 is 4.74 Å². The summed E-state index contributed by atoms with van der Waals surface area (Å²) in [6.45, 7) is 1.47. The predicted molar refractivity (Wildman–Crippen MR) is 63.8 cm³/mol. The molecule has 0 radical (unpaired) electrons. The maximum absolute atomic E-state index is 11.0. The molecule has 0 saturated carbocycles. The van der Waals surface area contributed by atoms with Gasteiger partial charge in [-0.1, -0.05) is 36.4 Å². The number of ether oxygens (including phenoxy) is 1. The van der Waals surface area contributed by atoms with E-state index in [1.807, 2.05) is 18.2 Å². The zero-order valence-corrected chi connectivity index (χ0v) is 9.48. The molecule has 2 heteroatoms. The maximum atomic E-state index is 11.0. The highest BCUT2D eigenvalue weighted by Crippen LogP contribution is 2.29. The van der Waals surface area contributed by atoms with E-state index in [9.17, 15) is 4.79 Å². The van der Waals surface area contributed by atoms with Gasteiger partial charge in [0.05, 0.1) is 0 Å². The Balaban J connectivity index is 2.23. The molecule has 0 amide bonds. The van der Waals surface area contributed by atoms with Crippen LogP contribution in [-0.2, 0) is 9.53 Å². The van der Waals surface area contributed by atoms with Crippen molar-refractivity contribution in [2.45, 2.75) is 32.3 Å². The fraction of sp³-hybridized carbons (Fsp3) is 0.357. The molecule has 2 rings (SSSR count). The number of hydrogen-bond acceptors (Lipinski definition) is 2. The Morgan fingerprint density at radius 3 is 2.75 bits per heavy atom. The lowest BCUT2D eigenvalue weighted by Crippen LogP contribution is -2.20. The molecule has 84 valence electrons. The van der Waals surface area contributed by atoms with Crippen molar-refractivity contribution in [3.63, 3.8) is 0 Å². The Bertz CT molecular complexity index is 392. The molecular formula is C14H16O2. The first-order chi connectivity index (χ1) is 7.77. The molecule has 1 aliphatic carbocycles. The number of esters is 1. The molecule has 1 atom stereocenters. The lowest BCUT2D eigenvalue weighted by atomic mass is 9.91. The molecule has 1 aliphatic rings. The van der Waals surface area contributed by atoms with Crippen molar-refractivity contribution >= 4 is 11.5 Å². The van der Waals surface area contributed by atoms with E-state index in [1.165, 1.54) is 6.92 Å². The van der Waals surface area contributed by atoms with E-state index in [-0.39, 0.29) is 12.1 Å². The molecule has 16 heavy (non-hydrogen) atoms. The second-order valence-corrected chi connectivity index (χ2v) is 4.05. The molecular weight excluding hydrogens is 200 g/mol. The van der Waals surface area contributed by atoms with Crippen LogP contribution in [0, 0.1) is 0 Å². The lowest BCUT2D eigenvalue weighted by Gasteiger charge is -2.24. The standard InChI is InChI=1S/C14H16O2/c1-11(15)16-14-10-6-5-9-13(14)12-7-3-2-4-8-12/h2-4,7-9,14H,5-6,10H2,1H3/t14-/m1/s1. The van der Waals surface area contributed by atoms with Crippen LogP contribution in [0.25, 0.3) is 5.57 Å². The predicted octanol–water partition coefficient (Wildman–Crippen LogP) is 3.19.